The highest BCUT2D eigenvalue weighted by molar-refractivity contribution is 5.89. The fourth-order valence-corrected chi connectivity index (χ4v) is 3.60. The van der Waals surface area contributed by atoms with Gasteiger partial charge in [-0.1, -0.05) is 26.0 Å². The van der Waals surface area contributed by atoms with Gasteiger partial charge in [0.25, 0.3) is 0 Å². The number of carbonyl (C=O) groups is 2. The molecule has 0 bridgehead atoms. The van der Waals surface area contributed by atoms with Crippen molar-refractivity contribution in [3.05, 3.63) is 53.7 Å². The zero-order valence-electron chi connectivity index (χ0n) is 19.1. The summed E-state index contributed by atoms with van der Waals surface area (Å²) in [5.74, 6) is 0.930. The minimum absolute atomic E-state index is 0.0404. The van der Waals surface area contributed by atoms with E-state index in [0.29, 0.717) is 25.2 Å². The number of carbonyl (C=O) groups excluding carboxylic acids is 2. The summed E-state index contributed by atoms with van der Waals surface area (Å²) in [5, 5.41) is 8.53. The first-order valence-corrected chi connectivity index (χ1v) is 11.4. The third-order valence-electron chi connectivity index (χ3n) is 5.56. The number of likely N-dealkylation sites (N-methyl/N-ethyl adjacent to an activating group) is 1. The van der Waals surface area contributed by atoms with Crippen molar-refractivity contribution >= 4 is 23.4 Å². The molecule has 8 nitrogen and oxygen atoms in total. The van der Waals surface area contributed by atoms with E-state index in [2.05, 4.69) is 43.7 Å². The zero-order valence-corrected chi connectivity index (χ0v) is 19.1. The summed E-state index contributed by atoms with van der Waals surface area (Å²) in [5.41, 5.74) is 2.64. The molecule has 3 rings (SSSR count). The molecule has 0 saturated carbocycles. The lowest BCUT2D eigenvalue weighted by atomic mass is 10.1. The van der Waals surface area contributed by atoms with Crippen LogP contribution in [-0.2, 0) is 17.8 Å². The van der Waals surface area contributed by atoms with Gasteiger partial charge in [0.05, 0.1) is 6.42 Å². The Kier molecular flexibility index (Phi) is 8.86. The van der Waals surface area contributed by atoms with Crippen molar-refractivity contribution in [2.45, 2.75) is 33.2 Å². The van der Waals surface area contributed by atoms with Crippen molar-refractivity contribution in [3.63, 3.8) is 0 Å². The quantitative estimate of drug-likeness (QED) is 0.560. The summed E-state index contributed by atoms with van der Waals surface area (Å²) in [4.78, 5) is 33.4. The molecule has 1 aliphatic rings. The Morgan fingerprint density at radius 2 is 1.72 bits per heavy atom. The predicted octanol–water partition coefficient (Wildman–Crippen LogP) is 2.61. The Morgan fingerprint density at radius 3 is 2.41 bits per heavy atom. The average molecular weight is 439 g/mol. The van der Waals surface area contributed by atoms with Crippen LogP contribution in [-0.4, -0.2) is 61.1 Å². The van der Waals surface area contributed by atoms with Crippen molar-refractivity contribution in [1.82, 2.24) is 20.5 Å². The van der Waals surface area contributed by atoms with Crippen LogP contribution in [0, 0.1) is 0 Å². The molecule has 0 radical (unpaired) electrons. The monoisotopic (exact) mass is 438 g/mol. The molecule has 2 heterocycles. The van der Waals surface area contributed by atoms with Gasteiger partial charge in [0.1, 0.15) is 5.82 Å². The first kappa shape index (κ1) is 23.5. The molecule has 172 valence electrons. The Hall–Kier alpha value is -3.13. The Bertz CT molecular complexity index is 878. The van der Waals surface area contributed by atoms with Crippen molar-refractivity contribution in [2.24, 2.45) is 0 Å². The third kappa shape index (κ3) is 7.23. The smallest absolute Gasteiger partial charge is 0.319 e. The minimum atomic E-state index is -0.221. The lowest BCUT2D eigenvalue weighted by Gasteiger charge is -2.34. The van der Waals surface area contributed by atoms with Gasteiger partial charge < -0.3 is 25.8 Å². The van der Waals surface area contributed by atoms with E-state index < -0.39 is 0 Å². The molecule has 3 N–H and O–H groups in total. The fourth-order valence-electron chi connectivity index (χ4n) is 3.60. The number of aromatic nitrogens is 1. The van der Waals surface area contributed by atoms with Gasteiger partial charge in [-0.3, -0.25) is 4.79 Å². The first-order valence-electron chi connectivity index (χ1n) is 11.4. The second-order valence-corrected chi connectivity index (χ2v) is 7.97. The molecule has 1 aliphatic heterocycles. The fraction of sp³-hybridized carbons (Fsp3) is 0.458. The van der Waals surface area contributed by atoms with Crippen LogP contribution in [0.5, 0.6) is 0 Å². The second-order valence-electron chi connectivity index (χ2n) is 7.97. The third-order valence-corrected chi connectivity index (χ3v) is 5.56. The predicted molar refractivity (Wildman–Crippen MR) is 128 cm³/mol. The summed E-state index contributed by atoms with van der Waals surface area (Å²) >= 11 is 0. The highest BCUT2D eigenvalue weighted by Crippen LogP contribution is 2.15. The van der Waals surface area contributed by atoms with Crippen LogP contribution in [0.4, 0.5) is 16.3 Å². The van der Waals surface area contributed by atoms with Crippen LogP contribution in [0.3, 0.4) is 0 Å². The summed E-state index contributed by atoms with van der Waals surface area (Å²) in [6.07, 6.45) is 2.99. The number of hydrogen-bond acceptors (Lipinski definition) is 5. The van der Waals surface area contributed by atoms with Gasteiger partial charge in [-0.15, -0.1) is 0 Å². The van der Waals surface area contributed by atoms with E-state index in [9.17, 15) is 9.59 Å². The number of hydrogen-bond donors (Lipinski definition) is 3. The highest BCUT2D eigenvalue weighted by atomic mass is 16.2. The SMILES string of the molecule is CCCNC(=O)Nc1ccc(CC(=O)NCc2ccnc(N3CCN(CC)CC3)c2)cc1. The van der Waals surface area contributed by atoms with E-state index in [1.54, 1.807) is 0 Å². The number of anilines is 2. The Balaban J connectivity index is 1.45. The molecule has 1 fully saturated rings. The van der Waals surface area contributed by atoms with Gasteiger partial charge in [-0.2, -0.15) is 0 Å². The number of nitrogens with zero attached hydrogens (tertiary/aromatic N) is 3. The van der Waals surface area contributed by atoms with E-state index in [4.69, 9.17) is 0 Å². The van der Waals surface area contributed by atoms with Crippen molar-refractivity contribution in [3.8, 4) is 0 Å². The summed E-state index contributed by atoms with van der Waals surface area (Å²) in [7, 11) is 0. The van der Waals surface area contributed by atoms with Gasteiger partial charge in [0.15, 0.2) is 0 Å². The van der Waals surface area contributed by atoms with Gasteiger partial charge in [-0.05, 0) is 48.4 Å². The maximum Gasteiger partial charge on any atom is 0.319 e. The number of rotatable bonds is 9. The molecule has 1 aromatic heterocycles. The average Bonchev–Trinajstić information content (AvgIpc) is 2.83. The summed E-state index contributed by atoms with van der Waals surface area (Å²) in [6.45, 7) is 10.4. The topological polar surface area (TPSA) is 89.6 Å². The number of urea groups is 1. The maximum atomic E-state index is 12.4. The molecule has 1 aromatic carbocycles. The van der Waals surface area contributed by atoms with Gasteiger partial charge in [0, 0.05) is 51.2 Å². The van der Waals surface area contributed by atoms with E-state index in [-0.39, 0.29) is 11.9 Å². The first-order chi connectivity index (χ1) is 15.6. The molecule has 0 aliphatic carbocycles. The van der Waals surface area contributed by atoms with Crippen LogP contribution >= 0.6 is 0 Å². The molecule has 8 heteroatoms. The lowest BCUT2D eigenvalue weighted by molar-refractivity contribution is -0.120. The molecular formula is C24H34N6O2. The summed E-state index contributed by atoms with van der Waals surface area (Å²) < 4.78 is 0. The minimum Gasteiger partial charge on any atom is -0.354 e. The molecule has 0 atom stereocenters. The molecule has 1 saturated heterocycles. The lowest BCUT2D eigenvalue weighted by Crippen LogP contribution is -2.46. The molecule has 2 aromatic rings. The largest absolute Gasteiger partial charge is 0.354 e. The van der Waals surface area contributed by atoms with Gasteiger partial charge in [-0.25, -0.2) is 9.78 Å². The van der Waals surface area contributed by atoms with Crippen LogP contribution in [0.1, 0.15) is 31.4 Å². The molecular weight excluding hydrogens is 404 g/mol. The van der Waals surface area contributed by atoms with Gasteiger partial charge >= 0.3 is 6.03 Å². The van der Waals surface area contributed by atoms with E-state index in [0.717, 1.165) is 56.1 Å². The second kappa shape index (κ2) is 12.0. The molecule has 3 amide bonds. The van der Waals surface area contributed by atoms with Crippen LogP contribution < -0.4 is 20.9 Å². The molecule has 0 unspecified atom stereocenters. The Morgan fingerprint density at radius 1 is 0.969 bits per heavy atom. The number of piperazine rings is 1. The normalized spacial score (nSPS) is 14.1. The standard InChI is InChI=1S/C24H34N6O2/c1-3-10-26-24(32)28-21-7-5-19(6-8-21)17-23(31)27-18-20-9-11-25-22(16-20)30-14-12-29(4-2)13-15-30/h5-9,11,16H,3-4,10,12-15,17-18H2,1-2H3,(H,27,31)(H2,26,28,32). The number of pyridine rings is 1. The Labute approximate surface area is 190 Å². The molecule has 0 spiro atoms. The van der Waals surface area contributed by atoms with Gasteiger partial charge in [0.2, 0.25) is 5.91 Å². The van der Waals surface area contributed by atoms with Crippen LogP contribution in [0.2, 0.25) is 0 Å². The maximum absolute atomic E-state index is 12.4. The van der Waals surface area contributed by atoms with E-state index in [1.165, 1.54) is 0 Å². The van der Waals surface area contributed by atoms with Crippen molar-refractivity contribution in [1.29, 1.82) is 0 Å². The van der Waals surface area contributed by atoms with Crippen molar-refractivity contribution in [2.75, 3.05) is 49.5 Å². The van der Waals surface area contributed by atoms with Crippen molar-refractivity contribution < 1.29 is 9.59 Å². The number of amides is 3. The van der Waals surface area contributed by atoms with Crippen LogP contribution in [0.15, 0.2) is 42.6 Å². The molecule has 32 heavy (non-hydrogen) atoms. The zero-order chi connectivity index (χ0) is 22.8. The summed E-state index contributed by atoms with van der Waals surface area (Å²) in [6, 6.07) is 11.1. The number of benzene rings is 1. The van der Waals surface area contributed by atoms with E-state index >= 15 is 0 Å². The number of nitrogens with one attached hydrogen (secondary N) is 3. The highest BCUT2D eigenvalue weighted by Gasteiger charge is 2.17. The van der Waals surface area contributed by atoms with E-state index in [1.807, 2.05) is 43.5 Å². The van der Waals surface area contributed by atoms with Crippen LogP contribution in [0.25, 0.3) is 0 Å².